The number of aryl methyl sites for hydroxylation is 1. The number of rotatable bonds is 18. The maximum absolute atomic E-state index is 12.3. The van der Waals surface area contributed by atoms with E-state index in [1.54, 1.807) is 13.3 Å². The Morgan fingerprint density at radius 2 is 1.39 bits per heavy atom. The lowest BCUT2D eigenvalue weighted by atomic mass is 10.1. The highest BCUT2D eigenvalue weighted by atomic mass is 16.5. The second kappa shape index (κ2) is 16.1. The summed E-state index contributed by atoms with van der Waals surface area (Å²) in [5.74, 6) is 0.888. The Hall–Kier alpha value is -2.56. The zero-order chi connectivity index (χ0) is 23.7. The van der Waals surface area contributed by atoms with Crippen molar-refractivity contribution in [3.8, 4) is 11.5 Å². The lowest BCUT2D eigenvalue weighted by Crippen LogP contribution is -2.17. The Labute approximate surface area is 199 Å². The molecular weight excluding hydrogens is 414 g/mol. The molecule has 0 saturated heterocycles. The van der Waals surface area contributed by atoms with Gasteiger partial charge in [0.25, 0.3) is 0 Å². The average molecular weight is 456 g/mol. The molecule has 2 aromatic rings. The number of hydrogen-bond donors (Lipinski definition) is 0. The fourth-order valence-corrected chi connectivity index (χ4v) is 4.03. The fourth-order valence-electron chi connectivity index (χ4n) is 4.03. The Kier molecular flexibility index (Phi) is 13.0. The van der Waals surface area contributed by atoms with Gasteiger partial charge in [0.15, 0.2) is 12.0 Å². The Morgan fingerprint density at radius 3 is 1.94 bits per heavy atom. The molecule has 5 nitrogen and oxygen atoms in total. The van der Waals surface area contributed by atoms with E-state index in [1.165, 1.54) is 70.3 Å². The van der Waals surface area contributed by atoms with Crippen LogP contribution in [0.1, 0.15) is 100 Å². The minimum absolute atomic E-state index is 0.127. The highest BCUT2D eigenvalue weighted by molar-refractivity contribution is 5.76. The summed E-state index contributed by atoms with van der Waals surface area (Å²) in [5, 5.41) is 0. The van der Waals surface area contributed by atoms with Crippen molar-refractivity contribution in [2.24, 2.45) is 0 Å². The molecule has 0 radical (unpaired) electrons. The number of methoxy groups -OCH3 is 1. The zero-order valence-electron chi connectivity index (χ0n) is 20.5. The van der Waals surface area contributed by atoms with Gasteiger partial charge in [-0.2, -0.15) is 0 Å². The molecule has 0 aliphatic heterocycles. The lowest BCUT2D eigenvalue weighted by Gasteiger charge is -2.14. The van der Waals surface area contributed by atoms with Crippen LogP contribution in [-0.2, 0) is 13.2 Å². The van der Waals surface area contributed by atoms with Crippen LogP contribution in [0.5, 0.6) is 11.5 Å². The Bertz CT molecular complexity index is 857. The van der Waals surface area contributed by atoms with Gasteiger partial charge in [0.2, 0.25) is 5.43 Å². The van der Waals surface area contributed by atoms with Crippen molar-refractivity contribution in [2.45, 2.75) is 97.1 Å². The first-order valence-electron chi connectivity index (χ1n) is 12.6. The van der Waals surface area contributed by atoms with Gasteiger partial charge in [0.1, 0.15) is 18.1 Å². The first-order chi connectivity index (χ1) is 16.2. The number of carbonyl (C=O) groups excluding carboxylic acids is 1. The molecule has 2 rings (SSSR count). The van der Waals surface area contributed by atoms with E-state index in [0.29, 0.717) is 12.2 Å². The molecule has 0 N–H and O–H groups in total. The van der Waals surface area contributed by atoms with E-state index in [2.05, 4.69) is 6.92 Å². The van der Waals surface area contributed by atoms with Gasteiger partial charge in [-0.15, -0.1) is 0 Å². The van der Waals surface area contributed by atoms with Crippen LogP contribution >= 0.6 is 0 Å². The highest BCUT2D eigenvalue weighted by Gasteiger charge is 2.12. The molecule has 1 heterocycles. The molecule has 0 amide bonds. The first-order valence-corrected chi connectivity index (χ1v) is 12.6. The summed E-state index contributed by atoms with van der Waals surface area (Å²) in [4.78, 5) is 24.1. The van der Waals surface area contributed by atoms with Gasteiger partial charge in [0, 0.05) is 18.8 Å². The zero-order valence-corrected chi connectivity index (χ0v) is 20.5. The number of aromatic nitrogens is 1. The molecule has 0 saturated carbocycles. The normalized spacial score (nSPS) is 10.8. The summed E-state index contributed by atoms with van der Waals surface area (Å²) in [7, 11) is 1.62. The third-order valence-corrected chi connectivity index (χ3v) is 6.08. The number of hydrogen-bond acceptors (Lipinski definition) is 4. The van der Waals surface area contributed by atoms with E-state index < -0.39 is 0 Å². The number of unbranched alkanes of at least 4 members (excludes halogenated alkanes) is 11. The van der Waals surface area contributed by atoms with Crippen molar-refractivity contribution in [1.29, 1.82) is 0 Å². The van der Waals surface area contributed by atoms with Gasteiger partial charge in [-0.1, -0.05) is 89.7 Å². The van der Waals surface area contributed by atoms with Crippen molar-refractivity contribution < 1.29 is 14.3 Å². The minimum Gasteiger partial charge on any atom is -0.497 e. The first kappa shape index (κ1) is 26.7. The van der Waals surface area contributed by atoms with Crippen molar-refractivity contribution in [3.63, 3.8) is 0 Å². The number of aldehydes is 1. The van der Waals surface area contributed by atoms with E-state index in [9.17, 15) is 9.59 Å². The molecule has 0 aliphatic rings. The van der Waals surface area contributed by atoms with Gasteiger partial charge < -0.3 is 14.0 Å². The second-order valence-electron chi connectivity index (χ2n) is 8.73. The van der Waals surface area contributed by atoms with Crippen LogP contribution in [0.25, 0.3) is 0 Å². The molecule has 0 bridgehead atoms. The maximum atomic E-state index is 12.3. The highest BCUT2D eigenvalue weighted by Crippen LogP contribution is 2.17. The molecule has 182 valence electrons. The topological polar surface area (TPSA) is 57.5 Å². The molecule has 0 unspecified atom stereocenters. The van der Waals surface area contributed by atoms with Crippen molar-refractivity contribution in [1.82, 2.24) is 4.57 Å². The predicted molar refractivity (Wildman–Crippen MR) is 134 cm³/mol. The molecule has 0 fully saturated rings. The van der Waals surface area contributed by atoms with E-state index >= 15 is 0 Å². The number of ether oxygens (including phenoxy) is 2. The fraction of sp³-hybridized carbons (Fsp3) is 0.571. The third kappa shape index (κ3) is 9.85. The number of pyridine rings is 1. The van der Waals surface area contributed by atoms with Crippen molar-refractivity contribution >= 4 is 6.29 Å². The van der Waals surface area contributed by atoms with Crippen LogP contribution in [0.15, 0.2) is 41.3 Å². The quantitative estimate of drug-likeness (QED) is 0.180. The van der Waals surface area contributed by atoms with Gasteiger partial charge in [-0.3, -0.25) is 9.59 Å². The summed E-state index contributed by atoms with van der Waals surface area (Å²) in [6.45, 7) is 3.20. The largest absolute Gasteiger partial charge is 0.497 e. The lowest BCUT2D eigenvalue weighted by molar-refractivity contribution is 0.110. The van der Waals surface area contributed by atoms with Gasteiger partial charge >= 0.3 is 0 Å². The van der Waals surface area contributed by atoms with Crippen LogP contribution in [0.3, 0.4) is 0 Å². The number of carbonyl (C=O) groups is 1. The molecule has 0 spiro atoms. The maximum Gasteiger partial charge on any atom is 0.224 e. The van der Waals surface area contributed by atoms with E-state index in [1.807, 2.05) is 28.8 Å². The summed E-state index contributed by atoms with van der Waals surface area (Å²) < 4.78 is 12.8. The summed E-state index contributed by atoms with van der Waals surface area (Å²) in [6.07, 6.45) is 17.9. The standard InChI is InChI=1S/C28H41NO4/c1-3-4-5-6-7-8-9-10-11-12-13-14-20-29-21-19-27(31)28(26(29)22-30)33-23-24-15-17-25(32-2)18-16-24/h15-19,21-22H,3-14,20,23H2,1-2H3. The van der Waals surface area contributed by atoms with Gasteiger partial charge in [-0.05, 0) is 24.1 Å². The van der Waals surface area contributed by atoms with Crippen LogP contribution < -0.4 is 14.9 Å². The number of benzene rings is 1. The second-order valence-corrected chi connectivity index (χ2v) is 8.73. The molecule has 5 heteroatoms. The average Bonchev–Trinajstić information content (AvgIpc) is 2.84. The van der Waals surface area contributed by atoms with Crippen molar-refractivity contribution in [3.05, 3.63) is 58.0 Å². The molecule has 33 heavy (non-hydrogen) atoms. The molecular formula is C28H41NO4. The molecule has 1 aromatic carbocycles. The van der Waals surface area contributed by atoms with E-state index in [0.717, 1.165) is 30.4 Å². The van der Waals surface area contributed by atoms with Crippen LogP contribution in [0.2, 0.25) is 0 Å². The van der Waals surface area contributed by atoms with Gasteiger partial charge in [-0.25, -0.2) is 0 Å². The molecule has 0 atom stereocenters. The van der Waals surface area contributed by atoms with E-state index in [4.69, 9.17) is 9.47 Å². The van der Waals surface area contributed by atoms with Gasteiger partial charge in [0.05, 0.1) is 7.11 Å². The Balaban J connectivity index is 1.73. The molecule has 0 aliphatic carbocycles. The SMILES string of the molecule is CCCCCCCCCCCCCCn1ccc(=O)c(OCc2ccc(OC)cc2)c1C=O. The summed E-state index contributed by atoms with van der Waals surface area (Å²) in [5.41, 5.74) is 0.957. The predicted octanol–water partition coefficient (Wildman–Crippen LogP) is 6.95. The third-order valence-electron chi connectivity index (χ3n) is 6.08. The monoisotopic (exact) mass is 455 g/mol. The van der Waals surface area contributed by atoms with Crippen LogP contribution in [0.4, 0.5) is 0 Å². The Morgan fingerprint density at radius 1 is 0.818 bits per heavy atom. The molecule has 1 aromatic heterocycles. The van der Waals surface area contributed by atoms with Crippen LogP contribution in [0, 0.1) is 0 Å². The minimum atomic E-state index is -0.267. The van der Waals surface area contributed by atoms with Crippen LogP contribution in [-0.4, -0.2) is 18.0 Å². The summed E-state index contributed by atoms with van der Waals surface area (Å²) in [6, 6.07) is 8.93. The van der Waals surface area contributed by atoms with Crippen molar-refractivity contribution in [2.75, 3.05) is 7.11 Å². The summed E-state index contributed by atoms with van der Waals surface area (Å²) >= 11 is 0. The smallest absolute Gasteiger partial charge is 0.224 e. The number of nitrogens with zero attached hydrogens (tertiary/aromatic N) is 1. The van der Waals surface area contributed by atoms with E-state index in [-0.39, 0.29) is 17.8 Å².